The number of alkyl halides is 3. The van der Waals surface area contributed by atoms with Gasteiger partial charge in [0, 0.05) is 11.1 Å². The summed E-state index contributed by atoms with van der Waals surface area (Å²) < 4.78 is 40.6. The number of para-hydroxylation sites is 1. The van der Waals surface area contributed by atoms with Gasteiger partial charge in [-0.3, -0.25) is 0 Å². The van der Waals surface area contributed by atoms with Gasteiger partial charge in [0.15, 0.2) is 5.82 Å². The van der Waals surface area contributed by atoms with E-state index in [2.05, 4.69) is 25.0 Å². The summed E-state index contributed by atoms with van der Waals surface area (Å²) in [6, 6.07) is 10.8. The fraction of sp³-hybridized carbons (Fsp3) is 0.0588. The predicted molar refractivity (Wildman–Crippen MR) is 92.8 cm³/mol. The lowest BCUT2D eigenvalue weighted by atomic mass is 10.2. The molecule has 0 unspecified atom stereocenters. The first kappa shape index (κ1) is 16.5. The Bertz CT molecular complexity index is 1090. The third-order valence-corrected chi connectivity index (χ3v) is 4.00. The Morgan fingerprint density at radius 3 is 2.54 bits per heavy atom. The number of anilines is 2. The van der Waals surface area contributed by atoms with Crippen molar-refractivity contribution in [1.82, 2.24) is 15.0 Å². The van der Waals surface area contributed by atoms with Crippen LogP contribution in [0.25, 0.3) is 21.9 Å². The van der Waals surface area contributed by atoms with Crippen LogP contribution in [-0.2, 0) is 0 Å². The molecule has 0 saturated carbocycles. The van der Waals surface area contributed by atoms with E-state index in [0.717, 1.165) is 5.39 Å². The molecule has 0 radical (unpaired) electrons. The summed E-state index contributed by atoms with van der Waals surface area (Å²) in [6.07, 6.45) is -3.19. The van der Waals surface area contributed by atoms with E-state index >= 15 is 0 Å². The molecule has 132 valence electrons. The maximum absolute atomic E-state index is 12.2. The van der Waals surface area contributed by atoms with Crippen LogP contribution in [0.1, 0.15) is 0 Å². The van der Waals surface area contributed by atoms with Gasteiger partial charge in [-0.25, -0.2) is 9.97 Å². The Kier molecular flexibility index (Phi) is 3.84. The van der Waals surface area contributed by atoms with E-state index in [0.29, 0.717) is 33.1 Å². The number of halogens is 4. The predicted octanol–water partition coefficient (Wildman–Crippen LogP) is 5.41. The van der Waals surface area contributed by atoms with Crippen LogP contribution in [0.2, 0.25) is 5.02 Å². The fourth-order valence-electron chi connectivity index (χ4n) is 2.63. The Labute approximate surface area is 149 Å². The van der Waals surface area contributed by atoms with Gasteiger partial charge in [0.1, 0.15) is 16.8 Å². The molecule has 0 amide bonds. The number of aromatic amines is 1. The summed E-state index contributed by atoms with van der Waals surface area (Å²) in [5.41, 5.74) is 2.47. The molecule has 26 heavy (non-hydrogen) atoms. The van der Waals surface area contributed by atoms with Crippen molar-refractivity contribution >= 4 is 45.0 Å². The highest BCUT2D eigenvalue weighted by Gasteiger charge is 2.30. The van der Waals surface area contributed by atoms with E-state index in [9.17, 15) is 13.2 Å². The molecule has 0 spiro atoms. The topological polar surface area (TPSA) is 62.8 Å². The standard InChI is InChI=1S/C17H10ClF3N4O/c18-12-3-1-2-11-13(12)25-16(15-14(11)22-8-23-15)24-9-4-6-10(7-5-9)26-17(19,20)21/h1-8H,(H,22,23)(H,24,25). The van der Waals surface area contributed by atoms with Crippen LogP contribution in [-0.4, -0.2) is 21.3 Å². The zero-order chi connectivity index (χ0) is 18.3. The first-order chi connectivity index (χ1) is 12.4. The van der Waals surface area contributed by atoms with Gasteiger partial charge in [0.25, 0.3) is 0 Å². The van der Waals surface area contributed by atoms with Crippen LogP contribution < -0.4 is 10.1 Å². The van der Waals surface area contributed by atoms with Crippen LogP contribution in [0.5, 0.6) is 5.75 Å². The first-order valence-electron chi connectivity index (χ1n) is 7.45. The summed E-state index contributed by atoms with van der Waals surface area (Å²) in [5.74, 6) is 0.159. The second-order valence-electron chi connectivity index (χ2n) is 5.42. The average molecular weight is 379 g/mol. The van der Waals surface area contributed by atoms with Crippen molar-refractivity contribution in [2.24, 2.45) is 0 Å². The second kappa shape index (κ2) is 6.06. The number of nitrogens with zero attached hydrogens (tertiary/aromatic N) is 2. The molecule has 9 heteroatoms. The number of imidazole rings is 1. The van der Waals surface area contributed by atoms with Gasteiger partial charge >= 0.3 is 6.36 Å². The van der Waals surface area contributed by atoms with Gasteiger partial charge < -0.3 is 15.0 Å². The zero-order valence-corrected chi connectivity index (χ0v) is 13.7. The molecule has 0 bridgehead atoms. The van der Waals surface area contributed by atoms with Crippen LogP contribution in [0.4, 0.5) is 24.7 Å². The summed E-state index contributed by atoms with van der Waals surface area (Å²) in [4.78, 5) is 11.8. The van der Waals surface area contributed by atoms with Crippen molar-refractivity contribution in [2.75, 3.05) is 5.32 Å². The van der Waals surface area contributed by atoms with E-state index in [-0.39, 0.29) is 5.75 Å². The maximum Gasteiger partial charge on any atom is 0.573 e. The number of fused-ring (bicyclic) bond motifs is 3. The number of ether oxygens (including phenoxy) is 1. The van der Waals surface area contributed by atoms with Crippen molar-refractivity contribution in [3.8, 4) is 5.75 Å². The Balaban J connectivity index is 1.72. The van der Waals surface area contributed by atoms with Crippen molar-refractivity contribution in [2.45, 2.75) is 6.36 Å². The molecule has 4 rings (SSSR count). The number of pyridine rings is 1. The van der Waals surface area contributed by atoms with E-state index in [1.807, 2.05) is 12.1 Å². The van der Waals surface area contributed by atoms with Gasteiger partial charge in [-0.1, -0.05) is 23.7 Å². The summed E-state index contributed by atoms with van der Waals surface area (Å²) in [5, 5.41) is 4.34. The second-order valence-corrected chi connectivity index (χ2v) is 5.83. The number of rotatable bonds is 3. The van der Waals surface area contributed by atoms with Crippen LogP contribution in [0.3, 0.4) is 0 Å². The number of benzene rings is 2. The molecule has 0 fully saturated rings. The summed E-state index contributed by atoms with van der Waals surface area (Å²) in [6.45, 7) is 0. The maximum atomic E-state index is 12.2. The van der Waals surface area contributed by atoms with Gasteiger partial charge in [-0.15, -0.1) is 13.2 Å². The Morgan fingerprint density at radius 2 is 1.81 bits per heavy atom. The molecule has 0 aliphatic rings. The SMILES string of the molecule is FC(F)(F)Oc1ccc(Nc2nc3c(Cl)cccc3c3nc[nH]c23)cc1. The molecular weight excluding hydrogens is 369 g/mol. The Hall–Kier alpha value is -3.00. The van der Waals surface area contributed by atoms with Crippen LogP contribution in [0, 0.1) is 0 Å². The molecule has 2 aromatic heterocycles. The third kappa shape index (κ3) is 3.11. The van der Waals surface area contributed by atoms with E-state index in [1.165, 1.54) is 30.6 Å². The molecule has 0 aliphatic heterocycles. The first-order valence-corrected chi connectivity index (χ1v) is 7.83. The van der Waals surface area contributed by atoms with Crippen LogP contribution in [0.15, 0.2) is 48.8 Å². The molecule has 0 saturated heterocycles. The minimum atomic E-state index is -4.73. The molecule has 4 aromatic rings. The number of hydrogen-bond acceptors (Lipinski definition) is 4. The molecule has 5 nitrogen and oxygen atoms in total. The lowest BCUT2D eigenvalue weighted by Crippen LogP contribution is -2.16. The molecule has 0 atom stereocenters. The van der Waals surface area contributed by atoms with Gasteiger partial charge in [0.2, 0.25) is 0 Å². The van der Waals surface area contributed by atoms with Crippen LogP contribution >= 0.6 is 11.6 Å². The lowest BCUT2D eigenvalue weighted by molar-refractivity contribution is -0.274. The quantitative estimate of drug-likeness (QED) is 0.500. The number of aromatic nitrogens is 3. The number of nitrogens with one attached hydrogen (secondary N) is 2. The molecular formula is C17H10ClF3N4O. The number of H-pyrrole nitrogens is 1. The fourth-order valence-corrected chi connectivity index (χ4v) is 2.85. The average Bonchev–Trinajstić information content (AvgIpc) is 3.07. The van der Waals surface area contributed by atoms with Gasteiger partial charge in [0.05, 0.1) is 16.9 Å². The van der Waals surface area contributed by atoms with Crippen molar-refractivity contribution < 1.29 is 17.9 Å². The Morgan fingerprint density at radius 1 is 1.04 bits per heavy atom. The molecule has 2 N–H and O–H groups in total. The van der Waals surface area contributed by atoms with E-state index in [1.54, 1.807) is 6.07 Å². The monoisotopic (exact) mass is 378 g/mol. The van der Waals surface area contributed by atoms with Crippen molar-refractivity contribution in [3.05, 3.63) is 53.8 Å². The molecule has 2 aromatic carbocycles. The van der Waals surface area contributed by atoms with Crippen molar-refractivity contribution in [3.63, 3.8) is 0 Å². The van der Waals surface area contributed by atoms with Crippen molar-refractivity contribution in [1.29, 1.82) is 0 Å². The minimum Gasteiger partial charge on any atom is -0.406 e. The minimum absolute atomic E-state index is 0.302. The van der Waals surface area contributed by atoms with Gasteiger partial charge in [-0.05, 0) is 30.3 Å². The molecule has 0 aliphatic carbocycles. The van der Waals surface area contributed by atoms with E-state index in [4.69, 9.17) is 11.6 Å². The summed E-state index contributed by atoms with van der Waals surface area (Å²) >= 11 is 6.23. The highest BCUT2D eigenvalue weighted by molar-refractivity contribution is 6.36. The largest absolute Gasteiger partial charge is 0.573 e. The lowest BCUT2D eigenvalue weighted by Gasteiger charge is -2.11. The van der Waals surface area contributed by atoms with E-state index < -0.39 is 6.36 Å². The third-order valence-electron chi connectivity index (χ3n) is 3.69. The molecule has 2 heterocycles. The zero-order valence-electron chi connectivity index (χ0n) is 12.9. The normalized spacial score (nSPS) is 11.8. The highest BCUT2D eigenvalue weighted by Crippen LogP contribution is 2.32. The summed E-state index contributed by atoms with van der Waals surface area (Å²) in [7, 11) is 0. The smallest absolute Gasteiger partial charge is 0.406 e. The number of hydrogen-bond donors (Lipinski definition) is 2. The van der Waals surface area contributed by atoms with Gasteiger partial charge in [-0.2, -0.15) is 0 Å². The highest BCUT2D eigenvalue weighted by atomic mass is 35.5.